The maximum Gasteiger partial charge on any atom is 0.139 e. The number of epoxide rings is 1. The van der Waals surface area contributed by atoms with Crippen molar-refractivity contribution in [3.05, 3.63) is 0 Å². The monoisotopic (exact) mass is 302 g/mol. The summed E-state index contributed by atoms with van der Waals surface area (Å²) in [7, 11) is 0. The lowest BCUT2D eigenvalue weighted by molar-refractivity contribution is -0.158. The van der Waals surface area contributed by atoms with Gasteiger partial charge in [0.1, 0.15) is 11.6 Å². The lowest BCUT2D eigenvalue weighted by atomic mass is 9.45. The van der Waals surface area contributed by atoms with E-state index in [1.165, 1.54) is 6.42 Å². The Labute approximate surface area is 132 Å². The summed E-state index contributed by atoms with van der Waals surface area (Å²) in [5.41, 5.74) is -0.209. The predicted octanol–water partition coefficient (Wildman–Crippen LogP) is 3.15. The summed E-state index contributed by atoms with van der Waals surface area (Å²) >= 11 is 0. The number of Topliss-reactive ketones (excluding diaryl/α,β-unsaturated/α-hetero) is 2. The Balaban J connectivity index is 1.55. The van der Waals surface area contributed by atoms with Crippen molar-refractivity contribution in [1.29, 1.82) is 0 Å². The van der Waals surface area contributed by atoms with Gasteiger partial charge in [-0.25, -0.2) is 0 Å². The molecule has 0 spiro atoms. The van der Waals surface area contributed by atoms with Gasteiger partial charge >= 0.3 is 0 Å². The molecule has 3 nitrogen and oxygen atoms in total. The molecule has 0 bridgehead atoms. The van der Waals surface area contributed by atoms with Crippen molar-refractivity contribution in [3.63, 3.8) is 0 Å². The third kappa shape index (κ3) is 1.47. The van der Waals surface area contributed by atoms with Crippen LogP contribution in [0.4, 0.5) is 0 Å². The lowest BCUT2D eigenvalue weighted by Crippen LogP contribution is -2.58. The molecule has 5 fully saturated rings. The zero-order chi connectivity index (χ0) is 15.3. The first-order chi connectivity index (χ1) is 10.4. The number of carbonyl (C=O) groups excluding carboxylic acids is 2. The maximum absolute atomic E-state index is 13.1. The van der Waals surface area contributed by atoms with Gasteiger partial charge in [0.05, 0.1) is 12.2 Å². The molecule has 0 aromatic rings. The van der Waals surface area contributed by atoms with Gasteiger partial charge in [-0.15, -0.1) is 0 Å². The van der Waals surface area contributed by atoms with Crippen molar-refractivity contribution < 1.29 is 14.3 Å². The normalized spacial score (nSPS) is 59.4. The molecule has 0 amide bonds. The standard InChI is InChI=1S/C19H26O3/c1-18-8-7-14-17(22-14)12(18)4-3-10-11-5-6-15(21)19(11,2)9-13(20)16(10)18/h10-12,14,16-17H,3-9H2,1-2H3/t10-,11-,12-,14+,16+,17?,18-,19-/m0/s1. The summed E-state index contributed by atoms with van der Waals surface area (Å²) < 4.78 is 5.89. The molecule has 120 valence electrons. The third-order valence-corrected chi connectivity index (χ3v) is 8.33. The maximum atomic E-state index is 13.1. The van der Waals surface area contributed by atoms with Gasteiger partial charge in [-0.3, -0.25) is 9.59 Å². The molecule has 5 aliphatic rings. The molecule has 1 saturated heterocycles. The first-order valence-corrected chi connectivity index (χ1v) is 9.16. The summed E-state index contributed by atoms with van der Waals surface area (Å²) in [6.45, 7) is 4.44. The number of ketones is 2. The Morgan fingerprint density at radius 3 is 2.68 bits per heavy atom. The number of carbonyl (C=O) groups is 2. The van der Waals surface area contributed by atoms with E-state index in [9.17, 15) is 9.59 Å². The number of hydrogen-bond donors (Lipinski definition) is 0. The van der Waals surface area contributed by atoms with Crippen LogP contribution in [0.2, 0.25) is 0 Å². The fourth-order valence-electron chi connectivity index (χ4n) is 7.19. The van der Waals surface area contributed by atoms with Crippen molar-refractivity contribution in [1.82, 2.24) is 0 Å². The fourth-order valence-corrected chi connectivity index (χ4v) is 7.19. The van der Waals surface area contributed by atoms with Crippen LogP contribution >= 0.6 is 0 Å². The highest BCUT2D eigenvalue weighted by Crippen LogP contribution is 2.66. The molecule has 1 unspecified atom stereocenters. The Morgan fingerprint density at radius 2 is 1.86 bits per heavy atom. The minimum absolute atomic E-state index is 0.130. The topological polar surface area (TPSA) is 46.7 Å². The lowest BCUT2D eigenvalue weighted by Gasteiger charge is -2.57. The van der Waals surface area contributed by atoms with Crippen LogP contribution in [-0.4, -0.2) is 23.8 Å². The smallest absolute Gasteiger partial charge is 0.139 e. The summed E-state index contributed by atoms with van der Waals surface area (Å²) in [5.74, 6) is 2.43. The molecule has 3 heteroatoms. The molecule has 5 rings (SSSR count). The average molecular weight is 302 g/mol. The summed E-state index contributed by atoms with van der Waals surface area (Å²) in [6.07, 6.45) is 7.77. The van der Waals surface area contributed by atoms with Gasteiger partial charge in [0.2, 0.25) is 0 Å². The van der Waals surface area contributed by atoms with Crippen molar-refractivity contribution in [3.8, 4) is 0 Å². The van der Waals surface area contributed by atoms with Gasteiger partial charge < -0.3 is 4.74 Å². The van der Waals surface area contributed by atoms with Gasteiger partial charge in [-0.05, 0) is 55.3 Å². The highest BCUT2D eigenvalue weighted by molar-refractivity contribution is 5.95. The van der Waals surface area contributed by atoms with Crippen LogP contribution in [0.5, 0.6) is 0 Å². The SMILES string of the molecule is C[C@]12CC[C@H]3OC3[C@@H]1CC[C@@H]1[C@@H]2C(=O)C[C@]2(C)C(=O)CC[C@@H]12. The van der Waals surface area contributed by atoms with E-state index in [0.29, 0.717) is 54.4 Å². The molecule has 0 aromatic heterocycles. The highest BCUT2D eigenvalue weighted by atomic mass is 16.6. The predicted molar refractivity (Wildman–Crippen MR) is 81.2 cm³/mol. The van der Waals surface area contributed by atoms with Crippen molar-refractivity contribution in [2.75, 3.05) is 0 Å². The van der Waals surface area contributed by atoms with Gasteiger partial charge in [0, 0.05) is 24.2 Å². The van der Waals surface area contributed by atoms with E-state index in [1.807, 2.05) is 0 Å². The number of rotatable bonds is 0. The largest absolute Gasteiger partial charge is 0.369 e. The fraction of sp³-hybridized carbons (Fsp3) is 0.895. The second kappa shape index (κ2) is 4.03. The third-order valence-electron chi connectivity index (χ3n) is 8.33. The van der Waals surface area contributed by atoms with Gasteiger partial charge in [0.15, 0.2) is 0 Å². The molecule has 0 aromatic carbocycles. The zero-order valence-electron chi connectivity index (χ0n) is 13.6. The molecular formula is C19H26O3. The Bertz CT molecular complexity index is 569. The van der Waals surface area contributed by atoms with Crippen molar-refractivity contribution in [2.24, 2.45) is 34.5 Å². The van der Waals surface area contributed by atoms with Crippen LogP contribution < -0.4 is 0 Å². The van der Waals surface area contributed by atoms with Crippen LogP contribution in [0.25, 0.3) is 0 Å². The summed E-state index contributed by atoms with van der Waals surface area (Å²) in [6, 6.07) is 0. The minimum Gasteiger partial charge on any atom is -0.369 e. The van der Waals surface area contributed by atoms with Crippen LogP contribution in [0, 0.1) is 34.5 Å². The van der Waals surface area contributed by atoms with Gasteiger partial charge in [-0.1, -0.05) is 13.8 Å². The molecular weight excluding hydrogens is 276 g/mol. The molecule has 0 N–H and O–H groups in total. The summed E-state index contributed by atoms with van der Waals surface area (Å²) in [5, 5.41) is 0. The van der Waals surface area contributed by atoms with E-state index in [0.717, 1.165) is 25.7 Å². The van der Waals surface area contributed by atoms with Gasteiger partial charge in [-0.2, -0.15) is 0 Å². The Hall–Kier alpha value is -0.700. The van der Waals surface area contributed by atoms with E-state index in [-0.39, 0.29) is 16.7 Å². The number of fused-ring (bicyclic) bond motifs is 7. The first kappa shape index (κ1) is 13.7. The van der Waals surface area contributed by atoms with E-state index in [2.05, 4.69) is 13.8 Å². The second-order valence-electron chi connectivity index (χ2n) is 9.14. The van der Waals surface area contributed by atoms with E-state index < -0.39 is 0 Å². The van der Waals surface area contributed by atoms with E-state index in [4.69, 9.17) is 4.74 Å². The quantitative estimate of drug-likeness (QED) is 0.646. The molecule has 4 saturated carbocycles. The van der Waals surface area contributed by atoms with Crippen LogP contribution in [-0.2, 0) is 14.3 Å². The highest BCUT2D eigenvalue weighted by Gasteiger charge is 2.67. The second-order valence-corrected chi connectivity index (χ2v) is 9.14. The molecule has 1 heterocycles. The molecule has 8 atom stereocenters. The number of hydrogen-bond acceptors (Lipinski definition) is 3. The van der Waals surface area contributed by atoms with Crippen LogP contribution in [0.1, 0.15) is 58.8 Å². The first-order valence-electron chi connectivity index (χ1n) is 9.16. The van der Waals surface area contributed by atoms with Crippen molar-refractivity contribution >= 4 is 11.6 Å². The molecule has 0 radical (unpaired) electrons. The molecule has 4 aliphatic carbocycles. The zero-order valence-corrected chi connectivity index (χ0v) is 13.6. The molecule has 1 aliphatic heterocycles. The van der Waals surface area contributed by atoms with Crippen LogP contribution in [0.3, 0.4) is 0 Å². The van der Waals surface area contributed by atoms with Crippen molar-refractivity contribution in [2.45, 2.75) is 71.0 Å². The number of ether oxygens (including phenoxy) is 1. The Morgan fingerprint density at radius 1 is 1.05 bits per heavy atom. The summed E-state index contributed by atoms with van der Waals surface area (Å²) in [4.78, 5) is 25.5. The average Bonchev–Trinajstić information content (AvgIpc) is 3.18. The van der Waals surface area contributed by atoms with Crippen LogP contribution in [0.15, 0.2) is 0 Å². The van der Waals surface area contributed by atoms with E-state index >= 15 is 0 Å². The van der Waals surface area contributed by atoms with E-state index in [1.54, 1.807) is 0 Å². The Kier molecular flexibility index (Phi) is 2.51. The minimum atomic E-state index is -0.339. The molecule has 22 heavy (non-hydrogen) atoms. The van der Waals surface area contributed by atoms with Gasteiger partial charge in [0.25, 0.3) is 0 Å².